The van der Waals surface area contributed by atoms with Crippen molar-refractivity contribution in [2.45, 2.75) is 31.7 Å². The van der Waals surface area contributed by atoms with Crippen LogP contribution in [0.25, 0.3) is 0 Å². The average molecular weight is 502 g/mol. The Hall–Kier alpha value is -4.04. The van der Waals surface area contributed by atoms with E-state index in [1.54, 1.807) is 49.6 Å². The second-order valence-corrected chi connectivity index (χ2v) is 9.13. The minimum absolute atomic E-state index is 0.0598. The first-order chi connectivity index (χ1) is 18.1. The van der Waals surface area contributed by atoms with Gasteiger partial charge in [-0.3, -0.25) is 9.69 Å². The number of hydrogen-bond acceptors (Lipinski definition) is 6. The van der Waals surface area contributed by atoms with Gasteiger partial charge < -0.3 is 19.5 Å². The molecular weight excluding hydrogens is 470 g/mol. The number of anilines is 2. The lowest BCUT2D eigenvalue weighted by Gasteiger charge is -2.19. The SMILES string of the molecule is COc1cc(N2CC(=O)N(c3ccc(Oc4ccccc4)cc3)C2=O)ccc1OCCNC1CCCC1. The average Bonchev–Trinajstić information content (AvgIpc) is 3.55. The zero-order valence-corrected chi connectivity index (χ0v) is 20.9. The van der Waals surface area contributed by atoms with Gasteiger partial charge >= 0.3 is 6.03 Å². The third-order valence-electron chi connectivity index (χ3n) is 6.65. The van der Waals surface area contributed by atoms with Gasteiger partial charge in [-0.2, -0.15) is 0 Å². The normalized spacial score (nSPS) is 15.9. The van der Waals surface area contributed by atoms with Gasteiger partial charge in [0.1, 0.15) is 24.7 Å². The summed E-state index contributed by atoms with van der Waals surface area (Å²) in [4.78, 5) is 28.7. The molecule has 1 saturated carbocycles. The van der Waals surface area contributed by atoms with E-state index in [9.17, 15) is 9.59 Å². The molecule has 37 heavy (non-hydrogen) atoms. The molecule has 0 bridgehead atoms. The predicted molar refractivity (Wildman–Crippen MR) is 142 cm³/mol. The van der Waals surface area contributed by atoms with Crippen molar-refractivity contribution in [3.8, 4) is 23.0 Å². The number of methoxy groups -OCH3 is 1. The highest BCUT2D eigenvalue weighted by Crippen LogP contribution is 2.35. The fourth-order valence-corrected chi connectivity index (χ4v) is 4.74. The topological polar surface area (TPSA) is 80.3 Å². The Morgan fingerprint density at radius 1 is 0.865 bits per heavy atom. The van der Waals surface area contributed by atoms with Crippen LogP contribution < -0.4 is 29.3 Å². The lowest BCUT2D eigenvalue weighted by molar-refractivity contribution is -0.115. The number of nitrogens with one attached hydrogen (secondary N) is 1. The number of benzene rings is 3. The second kappa shape index (κ2) is 11.3. The summed E-state index contributed by atoms with van der Waals surface area (Å²) >= 11 is 0. The second-order valence-electron chi connectivity index (χ2n) is 9.13. The maximum Gasteiger partial charge on any atom is 0.336 e. The number of para-hydroxylation sites is 1. The lowest BCUT2D eigenvalue weighted by Crippen LogP contribution is -2.33. The van der Waals surface area contributed by atoms with Crippen molar-refractivity contribution in [3.05, 3.63) is 72.8 Å². The lowest BCUT2D eigenvalue weighted by atomic mass is 10.2. The first-order valence-corrected chi connectivity index (χ1v) is 12.6. The monoisotopic (exact) mass is 501 g/mol. The fourth-order valence-electron chi connectivity index (χ4n) is 4.74. The standard InChI is InChI=1S/C29H31N3O5/c1-35-27-19-23(13-16-26(27)36-18-17-30-21-7-5-6-8-21)31-20-28(33)32(29(31)34)22-11-14-25(15-12-22)37-24-9-3-2-4-10-24/h2-4,9-16,19,21,30H,5-8,17-18,20H2,1H3. The van der Waals surface area contributed by atoms with Gasteiger partial charge in [-0.25, -0.2) is 9.69 Å². The van der Waals surface area contributed by atoms with E-state index >= 15 is 0 Å². The van der Waals surface area contributed by atoms with Crippen LogP contribution in [0.3, 0.4) is 0 Å². The van der Waals surface area contributed by atoms with E-state index in [1.807, 2.05) is 30.3 Å². The van der Waals surface area contributed by atoms with Gasteiger partial charge in [-0.05, 0) is 61.4 Å². The molecule has 3 aromatic rings. The van der Waals surface area contributed by atoms with Crippen LogP contribution >= 0.6 is 0 Å². The highest BCUT2D eigenvalue weighted by Gasteiger charge is 2.38. The fraction of sp³-hybridized carbons (Fsp3) is 0.310. The molecule has 1 heterocycles. The number of rotatable bonds is 10. The maximum absolute atomic E-state index is 13.2. The number of hydrogen-bond donors (Lipinski definition) is 1. The van der Waals surface area contributed by atoms with Gasteiger partial charge in [-0.1, -0.05) is 31.0 Å². The van der Waals surface area contributed by atoms with Crippen LogP contribution in [-0.2, 0) is 4.79 Å². The van der Waals surface area contributed by atoms with Crippen molar-refractivity contribution in [3.63, 3.8) is 0 Å². The van der Waals surface area contributed by atoms with E-state index in [1.165, 1.54) is 35.5 Å². The van der Waals surface area contributed by atoms with Gasteiger partial charge in [0, 0.05) is 24.3 Å². The smallest absolute Gasteiger partial charge is 0.336 e. The molecule has 3 aromatic carbocycles. The van der Waals surface area contributed by atoms with E-state index in [-0.39, 0.29) is 12.5 Å². The van der Waals surface area contributed by atoms with Gasteiger partial charge in [-0.15, -0.1) is 0 Å². The number of carbonyl (C=O) groups is 2. The molecule has 1 N–H and O–H groups in total. The number of amides is 3. The van der Waals surface area contributed by atoms with Crippen molar-refractivity contribution >= 4 is 23.3 Å². The molecular formula is C29H31N3O5. The van der Waals surface area contributed by atoms with Gasteiger partial charge in [0.05, 0.1) is 12.8 Å². The molecule has 3 amide bonds. The Morgan fingerprint density at radius 2 is 1.57 bits per heavy atom. The molecule has 0 spiro atoms. The van der Waals surface area contributed by atoms with Crippen molar-refractivity contribution in [1.82, 2.24) is 5.32 Å². The van der Waals surface area contributed by atoms with E-state index in [0.29, 0.717) is 47.0 Å². The van der Waals surface area contributed by atoms with Crippen molar-refractivity contribution in [2.75, 3.05) is 36.6 Å². The quantitative estimate of drug-likeness (QED) is 0.297. The Morgan fingerprint density at radius 3 is 2.30 bits per heavy atom. The van der Waals surface area contributed by atoms with Crippen LogP contribution in [0.1, 0.15) is 25.7 Å². The summed E-state index contributed by atoms with van der Waals surface area (Å²) in [5.41, 5.74) is 1.05. The summed E-state index contributed by atoms with van der Waals surface area (Å²) in [7, 11) is 1.56. The van der Waals surface area contributed by atoms with E-state index in [0.717, 1.165) is 6.54 Å². The summed E-state index contributed by atoms with van der Waals surface area (Å²) in [5.74, 6) is 2.13. The van der Waals surface area contributed by atoms with Crippen molar-refractivity contribution in [1.29, 1.82) is 0 Å². The van der Waals surface area contributed by atoms with E-state index in [2.05, 4.69) is 5.32 Å². The minimum atomic E-state index is -0.418. The first-order valence-electron chi connectivity index (χ1n) is 12.6. The molecule has 0 unspecified atom stereocenters. The number of carbonyl (C=O) groups excluding carboxylic acids is 2. The maximum atomic E-state index is 13.2. The van der Waals surface area contributed by atoms with Crippen LogP contribution in [0, 0.1) is 0 Å². The predicted octanol–water partition coefficient (Wildman–Crippen LogP) is 5.37. The van der Waals surface area contributed by atoms with E-state index < -0.39 is 6.03 Å². The first kappa shape index (κ1) is 24.6. The van der Waals surface area contributed by atoms with Crippen molar-refractivity contribution < 1.29 is 23.8 Å². The van der Waals surface area contributed by atoms with E-state index in [4.69, 9.17) is 14.2 Å². The summed E-state index contributed by atoms with van der Waals surface area (Å²) in [6.07, 6.45) is 5.03. The summed E-state index contributed by atoms with van der Waals surface area (Å²) in [5, 5.41) is 3.52. The Labute approximate surface area is 216 Å². The third kappa shape index (κ3) is 5.70. The summed E-state index contributed by atoms with van der Waals surface area (Å²) in [6, 6.07) is 21.7. The van der Waals surface area contributed by atoms with Gasteiger partial charge in [0.25, 0.3) is 5.91 Å². The molecule has 0 aromatic heterocycles. The highest BCUT2D eigenvalue weighted by atomic mass is 16.5. The number of nitrogens with zero attached hydrogens (tertiary/aromatic N) is 2. The number of ether oxygens (including phenoxy) is 3. The molecule has 8 heteroatoms. The summed E-state index contributed by atoms with van der Waals surface area (Å²) in [6.45, 7) is 1.22. The summed E-state index contributed by atoms with van der Waals surface area (Å²) < 4.78 is 17.2. The zero-order chi connectivity index (χ0) is 25.6. The molecule has 1 saturated heterocycles. The molecule has 1 aliphatic heterocycles. The van der Waals surface area contributed by atoms with Crippen LogP contribution in [0.15, 0.2) is 72.8 Å². The Balaban J connectivity index is 1.23. The molecule has 0 radical (unpaired) electrons. The van der Waals surface area contributed by atoms with Gasteiger partial charge in [0.2, 0.25) is 0 Å². The molecule has 2 aliphatic rings. The Kier molecular flexibility index (Phi) is 7.56. The van der Waals surface area contributed by atoms with Gasteiger partial charge in [0.15, 0.2) is 11.5 Å². The largest absolute Gasteiger partial charge is 0.493 e. The third-order valence-corrected chi connectivity index (χ3v) is 6.65. The molecule has 8 nitrogen and oxygen atoms in total. The van der Waals surface area contributed by atoms with Crippen LogP contribution in [0.2, 0.25) is 0 Å². The van der Waals surface area contributed by atoms with Crippen LogP contribution in [0.4, 0.5) is 16.2 Å². The number of imide groups is 1. The zero-order valence-electron chi connectivity index (χ0n) is 20.9. The van der Waals surface area contributed by atoms with Crippen molar-refractivity contribution in [2.24, 2.45) is 0 Å². The Bertz CT molecular complexity index is 1230. The van der Waals surface area contributed by atoms with Crippen LogP contribution in [0.5, 0.6) is 23.0 Å². The number of urea groups is 1. The molecule has 5 rings (SSSR count). The molecule has 1 aliphatic carbocycles. The van der Waals surface area contributed by atoms with Crippen LogP contribution in [-0.4, -0.2) is 44.8 Å². The molecule has 0 atom stereocenters. The highest BCUT2D eigenvalue weighted by molar-refractivity contribution is 6.27. The molecule has 2 fully saturated rings. The minimum Gasteiger partial charge on any atom is -0.493 e. The molecule has 192 valence electrons.